The van der Waals surface area contributed by atoms with E-state index >= 15 is 0 Å². The van der Waals surface area contributed by atoms with Gasteiger partial charge in [-0.25, -0.2) is 0 Å². The normalized spacial score (nSPS) is 9.40. The van der Waals surface area contributed by atoms with Crippen LogP contribution in [0.25, 0.3) is 0 Å². The van der Waals surface area contributed by atoms with E-state index in [4.69, 9.17) is 0 Å². The second-order valence-corrected chi connectivity index (χ2v) is 2.31. The molecule has 1 aromatic heterocycles. The summed E-state index contributed by atoms with van der Waals surface area (Å²) in [5.41, 5.74) is 0.935. The van der Waals surface area contributed by atoms with Crippen molar-refractivity contribution in [1.82, 2.24) is 4.98 Å². The molecule has 0 aliphatic carbocycles. The molecule has 1 rings (SSSR count). The standard InChI is InChI=1S/C7H10N2O/c1-9(2)6-3-4-7(10)8-5-6/h3-5H,1-2H3,(H,8,10). The largest absolute Gasteiger partial charge is 0.376 e. The molecule has 0 radical (unpaired) electrons. The Morgan fingerprint density at radius 1 is 1.40 bits per heavy atom. The lowest BCUT2D eigenvalue weighted by Gasteiger charge is -2.10. The van der Waals surface area contributed by atoms with Gasteiger partial charge < -0.3 is 9.88 Å². The molecule has 1 aromatic rings. The quantitative estimate of drug-likeness (QED) is 0.611. The van der Waals surface area contributed by atoms with Crippen LogP contribution in [0.1, 0.15) is 0 Å². The van der Waals surface area contributed by atoms with Crippen LogP contribution in [-0.4, -0.2) is 19.1 Å². The Kier molecular flexibility index (Phi) is 1.76. The van der Waals surface area contributed by atoms with Gasteiger partial charge in [0.1, 0.15) is 0 Å². The zero-order chi connectivity index (χ0) is 7.56. The van der Waals surface area contributed by atoms with Crippen LogP contribution >= 0.6 is 0 Å². The zero-order valence-corrected chi connectivity index (χ0v) is 6.09. The molecule has 0 aliphatic heterocycles. The number of pyridine rings is 1. The lowest BCUT2D eigenvalue weighted by atomic mass is 10.4. The molecule has 10 heavy (non-hydrogen) atoms. The second-order valence-electron chi connectivity index (χ2n) is 2.31. The summed E-state index contributed by atoms with van der Waals surface area (Å²) < 4.78 is 0. The molecular weight excluding hydrogens is 128 g/mol. The first-order valence-electron chi connectivity index (χ1n) is 3.06. The van der Waals surface area contributed by atoms with Gasteiger partial charge in [0.25, 0.3) is 0 Å². The smallest absolute Gasteiger partial charge is 0.248 e. The number of hydrogen-bond acceptors (Lipinski definition) is 2. The van der Waals surface area contributed by atoms with E-state index < -0.39 is 0 Å². The Morgan fingerprint density at radius 2 is 2.10 bits per heavy atom. The minimum atomic E-state index is -0.0643. The number of aromatic amines is 1. The average molecular weight is 138 g/mol. The molecule has 54 valence electrons. The highest BCUT2D eigenvalue weighted by molar-refractivity contribution is 5.41. The SMILES string of the molecule is CN(C)c1ccc(=O)[nH]c1. The number of rotatable bonds is 1. The van der Waals surface area contributed by atoms with Crippen molar-refractivity contribution in [2.45, 2.75) is 0 Å². The fraction of sp³-hybridized carbons (Fsp3) is 0.286. The maximum Gasteiger partial charge on any atom is 0.248 e. The van der Waals surface area contributed by atoms with E-state index in [1.54, 1.807) is 12.3 Å². The number of aromatic nitrogens is 1. The first-order valence-corrected chi connectivity index (χ1v) is 3.06. The summed E-state index contributed by atoms with van der Waals surface area (Å²) >= 11 is 0. The fourth-order valence-corrected chi connectivity index (χ4v) is 0.681. The number of hydrogen-bond donors (Lipinski definition) is 1. The molecule has 0 aliphatic rings. The van der Waals surface area contributed by atoms with Gasteiger partial charge in [0.2, 0.25) is 5.56 Å². The molecule has 3 heteroatoms. The Labute approximate surface area is 59.3 Å². The number of nitrogens with zero attached hydrogens (tertiary/aromatic N) is 1. The molecule has 0 bridgehead atoms. The van der Waals surface area contributed by atoms with Crippen molar-refractivity contribution in [3.63, 3.8) is 0 Å². The Morgan fingerprint density at radius 3 is 2.50 bits per heavy atom. The molecule has 1 N–H and O–H groups in total. The van der Waals surface area contributed by atoms with Crippen molar-refractivity contribution in [3.05, 3.63) is 28.7 Å². The van der Waals surface area contributed by atoms with Crippen molar-refractivity contribution in [1.29, 1.82) is 0 Å². The van der Waals surface area contributed by atoms with Crippen LogP contribution < -0.4 is 10.5 Å². The van der Waals surface area contributed by atoms with Gasteiger partial charge in [0.05, 0.1) is 5.69 Å². The number of anilines is 1. The minimum absolute atomic E-state index is 0.0643. The maximum absolute atomic E-state index is 10.6. The molecule has 0 fully saturated rings. The maximum atomic E-state index is 10.6. The van der Waals surface area contributed by atoms with Gasteiger partial charge in [0.15, 0.2) is 0 Å². The van der Waals surface area contributed by atoms with Gasteiger partial charge >= 0.3 is 0 Å². The molecule has 0 saturated heterocycles. The summed E-state index contributed by atoms with van der Waals surface area (Å²) in [4.78, 5) is 15.1. The average Bonchev–Trinajstić information content (AvgIpc) is 1.88. The van der Waals surface area contributed by atoms with Crippen LogP contribution in [0.2, 0.25) is 0 Å². The van der Waals surface area contributed by atoms with Crippen molar-refractivity contribution in [2.24, 2.45) is 0 Å². The summed E-state index contributed by atoms with van der Waals surface area (Å²) in [5, 5.41) is 0. The van der Waals surface area contributed by atoms with Gasteiger partial charge in [0, 0.05) is 26.4 Å². The Hall–Kier alpha value is -1.25. The van der Waals surface area contributed by atoms with Crippen molar-refractivity contribution in [3.8, 4) is 0 Å². The molecule has 0 spiro atoms. The molecule has 1 heterocycles. The highest BCUT2D eigenvalue weighted by Gasteiger charge is 1.90. The lowest BCUT2D eigenvalue weighted by molar-refractivity contribution is 1.10. The molecule has 0 unspecified atom stereocenters. The Bertz CT molecular complexity index is 244. The van der Waals surface area contributed by atoms with Gasteiger partial charge in [-0.05, 0) is 6.07 Å². The summed E-state index contributed by atoms with van der Waals surface area (Å²) in [5.74, 6) is 0. The van der Waals surface area contributed by atoms with Crippen LogP contribution in [0.5, 0.6) is 0 Å². The van der Waals surface area contributed by atoms with Gasteiger partial charge in [-0.3, -0.25) is 4.79 Å². The summed E-state index contributed by atoms with van der Waals surface area (Å²) in [6, 6.07) is 3.29. The number of H-pyrrole nitrogens is 1. The van der Waals surface area contributed by atoms with Crippen molar-refractivity contribution >= 4 is 5.69 Å². The lowest BCUT2D eigenvalue weighted by Crippen LogP contribution is -2.11. The second kappa shape index (κ2) is 2.56. The first kappa shape index (κ1) is 6.86. The van der Waals surface area contributed by atoms with E-state index in [-0.39, 0.29) is 5.56 Å². The molecule has 0 aromatic carbocycles. The Balaban J connectivity index is 3.00. The highest BCUT2D eigenvalue weighted by atomic mass is 16.1. The molecule has 0 amide bonds. The van der Waals surface area contributed by atoms with Crippen LogP contribution in [0.3, 0.4) is 0 Å². The third kappa shape index (κ3) is 1.37. The van der Waals surface area contributed by atoms with Gasteiger partial charge in [-0.2, -0.15) is 0 Å². The molecule has 0 atom stereocenters. The third-order valence-electron chi connectivity index (χ3n) is 1.28. The summed E-state index contributed by atoms with van der Waals surface area (Å²) in [7, 11) is 3.85. The van der Waals surface area contributed by atoms with E-state index in [0.717, 1.165) is 5.69 Å². The first-order chi connectivity index (χ1) is 4.70. The fourth-order valence-electron chi connectivity index (χ4n) is 0.681. The molecular formula is C7H10N2O. The van der Waals surface area contributed by atoms with Crippen molar-refractivity contribution < 1.29 is 0 Å². The van der Waals surface area contributed by atoms with Crippen LogP contribution in [0, 0.1) is 0 Å². The monoisotopic (exact) mass is 138 g/mol. The number of nitrogens with one attached hydrogen (secondary N) is 1. The van der Waals surface area contributed by atoms with E-state index in [2.05, 4.69) is 4.98 Å². The van der Waals surface area contributed by atoms with E-state index in [9.17, 15) is 4.79 Å². The van der Waals surface area contributed by atoms with E-state index in [0.29, 0.717) is 0 Å². The molecule has 0 saturated carbocycles. The summed E-state index contributed by atoms with van der Waals surface area (Å²) in [6.45, 7) is 0. The predicted molar refractivity (Wildman–Crippen MR) is 41.4 cm³/mol. The minimum Gasteiger partial charge on any atom is -0.376 e. The predicted octanol–water partition coefficient (Wildman–Crippen LogP) is 0.441. The topological polar surface area (TPSA) is 36.1 Å². The zero-order valence-electron chi connectivity index (χ0n) is 6.09. The van der Waals surface area contributed by atoms with Gasteiger partial charge in [-0.15, -0.1) is 0 Å². The molecule has 3 nitrogen and oxygen atoms in total. The highest BCUT2D eigenvalue weighted by Crippen LogP contribution is 2.03. The summed E-state index contributed by atoms with van der Waals surface area (Å²) in [6.07, 6.45) is 1.68. The van der Waals surface area contributed by atoms with Crippen LogP contribution in [0.4, 0.5) is 5.69 Å². The van der Waals surface area contributed by atoms with Crippen LogP contribution in [-0.2, 0) is 0 Å². The van der Waals surface area contributed by atoms with E-state index in [1.807, 2.05) is 19.0 Å². The van der Waals surface area contributed by atoms with Crippen molar-refractivity contribution in [2.75, 3.05) is 19.0 Å². The van der Waals surface area contributed by atoms with Gasteiger partial charge in [-0.1, -0.05) is 0 Å². The van der Waals surface area contributed by atoms with Crippen LogP contribution in [0.15, 0.2) is 23.1 Å². The third-order valence-corrected chi connectivity index (χ3v) is 1.28. The van der Waals surface area contributed by atoms with E-state index in [1.165, 1.54) is 6.07 Å².